The van der Waals surface area contributed by atoms with E-state index in [0.717, 1.165) is 89.1 Å². The average molecular weight is 881 g/mol. The van der Waals surface area contributed by atoms with Crippen LogP contribution in [0.25, 0.3) is 95.3 Å². The molecule has 0 atom stereocenters. The van der Waals surface area contributed by atoms with Gasteiger partial charge in [0, 0.05) is 96.0 Å². The summed E-state index contributed by atoms with van der Waals surface area (Å²) in [4.78, 5) is 4.69. The quantitative estimate of drug-likeness (QED) is 0.160. The van der Waals surface area contributed by atoms with Crippen molar-refractivity contribution in [3.8, 4) is 11.1 Å². The second-order valence-electron chi connectivity index (χ2n) is 16.8. The van der Waals surface area contributed by atoms with E-state index in [0.29, 0.717) is 0 Å². The van der Waals surface area contributed by atoms with E-state index in [-0.39, 0.29) is 0 Å². The Morgan fingerprint density at radius 2 is 0.636 bits per heavy atom. The monoisotopic (exact) mass is 880 g/mol. The van der Waals surface area contributed by atoms with Crippen molar-refractivity contribution in [3.05, 3.63) is 218 Å². The standard InChI is InChI=1S/C60H36N2O2S2/c1-3-11-39(12-4-1)61(43-27-31-53-49(35-43)57-55(65-53)33-29-47-45-15-7-9-17-51(45)63-59(47)57)41-23-19-37(20-24-41)38-21-25-42(26-22-38)62(40-13-5-2-6-14-40)44-28-32-54-50(36-44)58-56(66-54)34-30-48-46-16-8-10-18-52(46)64-60(48)58/h1-36H. The van der Waals surface area contributed by atoms with Gasteiger partial charge < -0.3 is 18.6 Å². The Kier molecular flexibility index (Phi) is 8.29. The Hall–Kier alpha value is -8.16. The Labute approximate surface area is 387 Å². The predicted molar refractivity (Wildman–Crippen MR) is 282 cm³/mol. The third-order valence-corrected chi connectivity index (χ3v) is 15.3. The summed E-state index contributed by atoms with van der Waals surface area (Å²) in [5, 5.41) is 9.35. The third-order valence-electron chi connectivity index (χ3n) is 13.1. The highest BCUT2D eigenvalue weighted by Gasteiger charge is 2.21. The molecule has 310 valence electrons. The van der Waals surface area contributed by atoms with Gasteiger partial charge in [-0.2, -0.15) is 0 Å². The number of nitrogens with zero attached hydrogens (tertiary/aromatic N) is 2. The van der Waals surface area contributed by atoms with Crippen LogP contribution in [0.3, 0.4) is 0 Å². The minimum Gasteiger partial charge on any atom is -0.455 e. The molecule has 0 saturated heterocycles. The molecule has 4 nitrogen and oxygen atoms in total. The van der Waals surface area contributed by atoms with Crippen LogP contribution in [0.1, 0.15) is 0 Å². The maximum absolute atomic E-state index is 6.56. The molecule has 10 aromatic carbocycles. The maximum atomic E-state index is 6.56. The molecule has 0 radical (unpaired) electrons. The molecule has 14 rings (SSSR count). The van der Waals surface area contributed by atoms with Gasteiger partial charge in [-0.25, -0.2) is 0 Å². The number of fused-ring (bicyclic) bond motifs is 14. The summed E-state index contributed by atoms with van der Waals surface area (Å²) in [7, 11) is 0. The molecule has 0 saturated carbocycles. The molecule has 14 aromatic rings. The van der Waals surface area contributed by atoms with E-state index >= 15 is 0 Å². The van der Waals surface area contributed by atoms with E-state index in [4.69, 9.17) is 8.83 Å². The summed E-state index contributed by atoms with van der Waals surface area (Å²) >= 11 is 3.63. The van der Waals surface area contributed by atoms with Crippen molar-refractivity contribution >= 4 is 141 Å². The molecule has 0 bridgehead atoms. The largest absolute Gasteiger partial charge is 0.455 e. The Bertz CT molecular complexity index is 3890. The first-order chi connectivity index (χ1) is 32.7. The zero-order chi connectivity index (χ0) is 43.3. The van der Waals surface area contributed by atoms with E-state index in [1.807, 2.05) is 34.8 Å². The smallest absolute Gasteiger partial charge is 0.144 e. The number of anilines is 6. The summed E-state index contributed by atoms with van der Waals surface area (Å²) in [5.41, 5.74) is 12.6. The molecule has 0 aliphatic heterocycles. The van der Waals surface area contributed by atoms with Gasteiger partial charge in [0.25, 0.3) is 0 Å². The fourth-order valence-corrected chi connectivity index (χ4v) is 12.2. The van der Waals surface area contributed by atoms with Gasteiger partial charge >= 0.3 is 0 Å². The van der Waals surface area contributed by atoms with Gasteiger partial charge in [0.15, 0.2) is 0 Å². The van der Waals surface area contributed by atoms with Gasteiger partial charge in [0.2, 0.25) is 0 Å². The van der Waals surface area contributed by atoms with E-state index < -0.39 is 0 Å². The first-order valence-electron chi connectivity index (χ1n) is 22.1. The highest BCUT2D eigenvalue weighted by Crippen LogP contribution is 2.47. The Balaban J connectivity index is 0.830. The number of para-hydroxylation sites is 4. The molecule has 0 spiro atoms. The fourth-order valence-electron chi connectivity index (χ4n) is 10.00. The van der Waals surface area contributed by atoms with Crippen molar-refractivity contribution in [2.75, 3.05) is 9.80 Å². The van der Waals surface area contributed by atoms with Crippen molar-refractivity contribution in [3.63, 3.8) is 0 Å². The van der Waals surface area contributed by atoms with Crippen molar-refractivity contribution in [1.29, 1.82) is 0 Å². The predicted octanol–water partition coefficient (Wildman–Crippen LogP) is 18.8. The third kappa shape index (κ3) is 5.82. The summed E-state index contributed by atoms with van der Waals surface area (Å²) in [6.07, 6.45) is 0. The molecule has 0 fully saturated rings. The summed E-state index contributed by atoms with van der Waals surface area (Å²) < 4.78 is 18.0. The lowest BCUT2D eigenvalue weighted by atomic mass is 10.0. The van der Waals surface area contributed by atoms with Crippen molar-refractivity contribution in [2.24, 2.45) is 0 Å². The SMILES string of the molecule is c1ccc(N(c2ccc(-c3ccc(N(c4ccccc4)c4ccc5sc6ccc7c8ccccc8oc7c6c5c4)cc3)cc2)c2ccc3sc4ccc5c6ccccc6oc5c4c3c2)cc1. The first kappa shape index (κ1) is 37.2. The molecule has 0 aliphatic rings. The molecule has 4 heterocycles. The summed E-state index contributed by atoms with van der Waals surface area (Å²) in [6, 6.07) is 78.4. The van der Waals surface area contributed by atoms with E-state index in [1.54, 1.807) is 0 Å². The van der Waals surface area contributed by atoms with E-state index in [2.05, 4.69) is 216 Å². The average Bonchev–Trinajstić information content (AvgIpc) is 4.15. The fraction of sp³-hybridized carbons (Fsp3) is 0. The van der Waals surface area contributed by atoms with E-state index in [1.165, 1.54) is 40.3 Å². The second-order valence-corrected chi connectivity index (χ2v) is 19.0. The summed E-state index contributed by atoms with van der Waals surface area (Å²) in [6.45, 7) is 0. The van der Waals surface area contributed by atoms with Crippen molar-refractivity contribution < 1.29 is 8.83 Å². The van der Waals surface area contributed by atoms with E-state index in [9.17, 15) is 0 Å². The number of hydrogen-bond acceptors (Lipinski definition) is 6. The van der Waals surface area contributed by atoms with Crippen LogP contribution in [-0.2, 0) is 0 Å². The van der Waals surface area contributed by atoms with Gasteiger partial charge in [0.05, 0.1) is 0 Å². The van der Waals surface area contributed by atoms with Crippen LogP contribution >= 0.6 is 22.7 Å². The highest BCUT2D eigenvalue weighted by atomic mass is 32.1. The lowest BCUT2D eigenvalue weighted by Crippen LogP contribution is -2.10. The van der Waals surface area contributed by atoms with Crippen LogP contribution < -0.4 is 9.80 Å². The van der Waals surface area contributed by atoms with Gasteiger partial charge in [-0.3, -0.25) is 0 Å². The lowest BCUT2D eigenvalue weighted by molar-refractivity contribution is 0.672. The second kappa shape index (κ2) is 14.7. The van der Waals surface area contributed by atoms with Gasteiger partial charge in [-0.05, 0) is 132 Å². The van der Waals surface area contributed by atoms with Crippen LogP contribution in [0.2, 0.25) is 0 Å². The molecule has 0 N–H and O–H groups in total. The minimum atomic E-state index is 0.917. The van der Waals surface area contributed by atoms with Crippen molar-refractivity contribution in [2.45, 2.75) is 0 Å². The molecule has 4 aromatic heterocycles. The maximum Gasteiger partial charge on any atom is 0.144 e. The van der Waals surface area contributed by atoms with Crippen LogP contribution in [-0.4, -0.2) is 0 Å². The number of benzene rings is 10. The number of furan rings is 2. The van der Waals surface area contributed by atoms with Gasteiger partial charge in [-0.15, -0.1) is 22.7 Å². The molecular weight excluding hydrogens is 845 g/mol. The van der Waals surface area contributed by atoms with Gasteiger partial charge in [0.1, 0.15) is 22.3 Å². The normalized spacial score (nSPS) is 11.9. The first-order valence-corrected chi connectivity index (χ1v) is 23.8. The van der Waals surface area contributed by atoms with Crippen LogP contribution in [0, 0.1) is 0 Å². The number of hydrogen-bond donors (Lipinski definition) is 0. The summed E-state index contributed by atoms with van der Waals surface area (Å²) in [5.74, 6) is 0. The van der Waals surface area contributed by atoms with Crippen LogP contribution in [0.5, 0.6) is 0 Å². The van der Waals surface area contributed by atoms with Crippen molar-refractivity contribution in [1.82, 2.24) is 0 Å². The zero-order valence-electron chi connectivity index (χ0n) is 35.3. The van der Waals surface area contributed by atoms with Crippen LogP contribution in [0.4, 0.5) is 34.1 Å². The van der Waals surface area contributed by atoms with Gasteiger partial charge in [-0.1, -0.05) is 97.1 Å². The molecule has 0 aliphatic carbocycles. The molecule has 0 amide bonds. The number of thiophene rings is 2. The molecular formula is C60H36N2O2S2. The lowest BCUT2D eigenvalue weighted by Gasteiger charge is -2.26. The number of rotatable bonds is 7. The topological polar surface area (TPSA) is 32.8 Å². The van der Waals surface area contributed by atoms with Crippen LogP contribution in [0.15, 0.2) is 227 Å². The Morgan fingerprint density at radius 3 is 1.08 bits per heavy atom. The highest BCUT2D eigenvalue weighted by molar-refractivity contribution is 7.26. The Morgan fingerprint density at radius 1 is 0.273 bits per heavy atom. The molecule has 66 heavy (non-hydrogen) atoms. The molecule has 0 unspecified atom stereocenters. The minimum absolute atomic E-state index is 0.917. The zero-order valence-corrected chi connectivity index (χ0v) is 36.9. The molecule has 6 heteroatoms.